The zero-order chi connectivity index (χ0) is 22.0. The van der Waals surface area contributed by atoms with Crippen molar-refractivity contribution >= 4 is 46.7 Å². The van der Waals surface area contributed by atoms with Gasteiger partial charge in [-0.05, 0) is 36.2 Å². The van der Waals surface area contributed by atoms with E-state index in [9.17, 15) is 14.4 Å². The molecule has 1 aliphatic heterocycles. The summed E-state index contributed by atoms with van der Waals surface area (Å²) >= 11 is 7.22. The van der Waals surface area contributed by atoms with Gasteiger partial charge in [0.15, 0.2) is 5.16 Å². The van der Waals surface area contributed by atoms with E-state index in [0.29, 0.717) is 21.6 Å². The maximum absolute atomic E-state index is 12.9. The quantitative estimate of drug-likeness (QED) is 0.398. The van der Waals surface area contributed by atoms with Gasteiger partial charge in [0, 0.05) is 22.9 Å². The molecule has 1 atom stereocenters. The highest BCUT2D eigenvalue weighted by Gasteiger charge is 2.34. The number of carbonyl (C=O) groups is 2. The highest BCUT2D eigenvalue weighted by atomic mass is 35.5. The van der Waals surface area contributed by atoms with Crippen molar-refractivity contribution in [3.8, 4) is 0 Å². The molecule has 2 amide bonds. The van der Waals surface area contributed by atoms with Gasteiger partial charge in [-0.2, -0.15) is 0 Å². The molecule has 0 saturated carbocycles. The molecule has 2 aromatic carbocycles. The largest absolute Gasteiger partial charge is 0.325 e. The molecule has 31 heavy (non-hydrogen) atoms. The van der Waals surface area contributed by atoms with E-state index in [1.165, 1.54) is 11.8 Å². The van der Waals surface area contributed by atoms with Gasteiger partial charge in [-0.25, -0.2) is 4.98 Å². The summed E-state index contributed by atoms with van der Waals surface area (Å²) in [5.74, 6) is -1.01. The van der Waals surface area contributed by atoms with Crippen LogP contribution in [0.15, 0.2) is 58.5 Å². The summed E-state index contributed by atoms with van der Waals surface area (Å²) in [6.45, 7) is 1.87. The first kappa shape index (κ1) is 21.1. The number of aromatic nitrogens is 2. The summed E-state index contributed by atoms with van der Waals surface area (Å²) < 4.78 is 0. The highest BCUT2D eigenvalue weighted by molar-refractivity contribution is 7.98. The van der Waals surface area contributed by atoms with Gasteiger partial charge >= 0.3 is 0 Å². The molecule has 1 aromatic heterocycles. The second-order valence-corrected chi connectivity index (χ2v) is 8.56. The molecule has 158 valence electrons. The number of carbonyl (C=O) groups excluding carboxylic acids is 2. The van der Waals surface area contributed by atoms with Crippen molar-refractivity contribution in [1.29, 1.82) is 0 Å². The lowest BCUT2D eigenvalue weighted by atomic mass is 9.92. The first-order valence-corrected chi connectivity index (χ1v) is 10.9. The number of halogens is 1. The lowest BCUT2D eigenvalue weighted by molar-refractivity contribution is -0.123. The van der Waals surface area contributed by atoms with Gasteiger partial charge in [0.25, 0.3) is 5.56 Å². The lowest BCUT2D eigenvalue weighted by Gasteiger charge is -2.23. The van der Waals surface area contributed by atoms with Gasteiger partial charge < -0.3 is 15.6 Å². The van der Waals surface area contributed by atoms with Crippen molar-refractivity contribution in [3.63, 3.8) is 0 Å². The molecule has 0 saturated heterocycles. The van der Waals surface area contributed by atoms with Crippen LogP contribution in [0, 0.1) is 6.92 Å². The Bertz CT molecular complexity index is 1210. The number of amides is 2. The molecular formula is C22H19ClN4O3S. The van der Waals surface area contributed by atoms with E-state index < -0.39 is 17.4 Å². The Kier molecular flexibility index (Phi) is 6.11. The summed E-state index contributed by atoms with van der Waals surface area (Å²) in [5, 5.41) is 6.45. The summed E-state index contributed by atoms with van der Waals surface area (Å²) in [6, 6.07) is 14.7. The number of anilines is 2. The van der Waals surface area contributed by atoms with Crippen LogP contribution in [0.2, 0.25) is 5.02 Å². The number of H-pyrrole nitrogens is 1. The lowest BCUT2D eigenvalue weighted by Crippen LogP contribution is -2.36. The first-order valence-electron chi connectivity index (χ1n) is 9.58. The van der Waals surface area contributed by atoms with Gasteiger partial charge in [0.2, 0.25) is 11.8 Å². The minimum Gasteiger partial charge on any atom is -0.325 e. The summed E-state index contributed by atoms with van der Waals surface area (Å²) in [6.07, 6.45) is -0.118. The summed E-state index contributed by atoms with van der Waals surface area (Å²) in [5.41, 5.74) is 2.27. The van der Waals surface area contributed by atoms with Crippen molar-refractivity contribution in [2.75, 3.05) is 10.6 Å². The zero-order valence-corrected chi connectivity index (χ0v) is 18.1. The molecule has 0 unspecified atom stereocenters. The van der Waals surface area contributed by atoms with Crippen LogP contribution in [0.3, 0.4) is 0 Å². The maximum atomic E-state index is 12.9. The third-order valence-corrected chi connectivity index (χ3v) is 6.13. The predicted molar refractivity (Wildman–Crippen MR) is 122 cm³/mol. The number of hydrogen-bond donors (Lipinski definition) is 3. The summed E-state index contributed by atoms with van der Waals surface area (Å²) in [4.78, 5) is 45.1. The average molecular weight is 455 g/mol. The number of aromatic amines is 1. The maximum Gasteiger partial charge on any atom is 0.257 e. The van der Waals surface area contributed by atoms with Crippen molar-refractivity contribution in [2.24, 2.45) is 0 Å². The van der Waals surface area contributed by atoms with Crippen LogP contribution >= 0.6 is 23.4 Å². The van der Waals surface area contributed by atoms with Crippen molar-refractivity contribution in [3.05, 3.63) is 80.6 Å². The van der Waals surface area contributed by atoms with Gasteiger partial charge in [0.05, 0.1) is 11.5 Å². The van der Waals surface area contributed by atoms with Gasteiger partial charge in [0.1, 0.15) is 5.82 Å². The normalized spacial score (nSPS) is 15.2. The van der Waals surface area contributed by atoms with E-state index in [-0.39, 0.29) is 23.7 Å². The van der Waals surface area contributed by atoms with Crippen LogP contribution in [0.25, 0.3) is 0 Å². The molecule has 7 nitrogen and oxygen atoms in total. The molecule has 0 bridgehead atoms. The van der Waals surface area contributed by atoms with Crippen LogP contribution < -0.4 is 16.2 Å². The second-order valence-electron chi connectivity index (χ2n) is 7.16. The standard InChI is InChI=1S/C22H19ClN4O3S/c1-12-4-2-3-5-16(12)24-20(29)15-10-17(28)25-19-18(15)21(30)27-22(26-19)31-11-13-6-8-14(23)9-7-13/h2-9,15H,10-11H2,1H3,(H,24,29)(H2,25,26,27,28,30)/t15-/m0/s1. The van der Waals surface area contributed by atoms with Gasteiger partial charge in [-0.1, -0.05) is 53.7 Å². The number of para-hydroxylation sites is 1. The molecule has 4 rings (SSSR count). The van der Waals surface area contributed by atoms with Gasteiger partial charge in [-0.15, -0.1) is 0 Å². The number of benzene rings is 2. The summed E-state index contributed by atoms with van der Waals surface area (Å²) in [7, 11) is 0. The van der Waals surface area contributed by atoms with E-state index in [4.69, 9.17) is 11.6 Å². The van der Waals surface area contributed by atoms with E-state index in [1.54, 1.807) is 18.2 Å². The van der Waals surface area contributed by atoms with Crippen LogP contribution in [-0.4, -0.2) is 21.8 Å². The first-order chi connectivity index (χ1) is 14.9. The molecule has 0 spiro atoms. The van der Waals surface area contributed by atoms with E-state index >= 15 is 0 Å². The number of nitrogens with zero attached hydrogens (tertiary/aromatic N) is 1. The molecule has 3 aromatic rings. The predicted octanol–water partition coefficient (Wildman–Crippen LogP) is 4.09. The van der Waals surface area contributed by atoms with E-state index in [0.717, 1.165) is 11.1 Å². The number of aryl methyl sites for hydroxylation is 1. The Hall–Kier alpha value is -3.10. The van der Waals surface area contributed by atoms with E-state index in [2.05, 4.69) is 20.6 Å². The van der Waals surface area contributed by atoms with Crippen LogP contribution in [-0.2, 0) is 15.3 Å². The number of thioether (sulfide) groups is 1. The number of fused-ring (bicyclic) bond motifs is 1. The molecular weight excluding hydrogens is 436 g/mol. The topological polar surface area (TPSA) is 104 Å². The van der Waals surface area contributed by atoms with Crippen molar-refractivity contribution < 1.29 is 9.59 Å². The Morgan fingerprint density at radius 3 is 2.68 bits per heavy atom. The minimum absolute atomic E-state index is 0.118. The molecule has 0 radical (unpaired) electrons. The Morgan fingerprint density at radius 1 is 1.19 bits per heavy atom. The number of hydrogen-bond acceptors (Lipinski definition) is 5. The Morgan fingerprint density at radius 2 is 1.94 bits per heavy atom. The fourth-order valence-corrected chi connectivity index (χ4v) is 4.25. The second kappa shape index (κ2) is 8.95. The Labute approximate surface area is 187 Å². The monoisotopic (exact) mass is 454 g/mol. The fourth-order valence-electron chi connectivity index (χ4n) is 3.31. The van der Waals surface area contributed by atoms with Crippen LogP contribution in [0.4, 0.5) is 11.5 Å². The van der Waals surface area contributed by atoms with Gasteiger partial charge in [-0.3, -0.25) is 14.4 Å². The van der Waals surface area contributed by atoms with Crippen molar-refractivity contribution in [1.82, 2.24) is 9.97 Å². The molecule has 9 heteroatoms. The molecule has 0 aliphatic carbocycles. The smallest absolute Gasteiger partial charge is 0.257 e. The van der Waals surface area contributed by atoms with Crippen LogP contribution in [0.5, 0.6) is 0 Å². The third kappa shape index (κ3) is 4.81. The zero-order valence-electron chi connectivity index (χ0n) is 16.6. The Balaban J connectivity index is 1.58. The van der Waals surface area contributed by atoms with Crippen molar-refractivity contribution in [2.45, 2.75) is 30.2 Å². The molecule has 1 aliphatic rings. The highest BCUT2D eigenvalue weighted by Crippen LogP contribution is 2.31. The SMILES string of the molecule is Cc1ccccc1NC(=O)[C@H]1CC(=O)Nc2nc(SCc3ccc(Cl)cc3)[nH]c(=O)c21. The molecule has 3 N–H and O–H groups in total. The van der Waals surface area contributed by atoms with Crippen LogP contribution in [0.1, 0.15) is 29.0 Å². The molecule has 0 fully saturated rings. The number of nitrogens with one attached hydrogen (secondary N) is 3. The third-order valence-electron chi connectivity index (χ3n) is 4.94. The average Bonchev–Trinajstić information content (AvgIpc) is 2.74. The fraction of sp³-hybridized carbons (Fsp3) is 0.182. The minimum atomic E-state index is -0.921. The number of rotatable bonds is 5. The molecule has 2 heterocycles. The van der Waals surface area contributed by atoms with E-state index in [1.807, 2.05) is 37.3 Å².